The number of ether oxygens (including phenoxy) is 1. The fourth-order valence-corrected chi connectivity index (χ4v) is 6.91. The predicted octanol–water partition coefficient (Wildman–Crippen LogP) is 5.40. The molecule has 10 heteroatoms. The van der Waals surface area contributed by atoms with Crippen molar-refractivity contribution >= 4 is 55.5 Å². The SMILES string of the molecule is CCOc1ccccc1Nc1nnc(SCc2nc3sc4c(c3c(=O)[nH]2)CCC(C)C4)s1. The molecule has 0 saturated heterocycles. The zero-order valence-electron chi connectivity index (χ0n) is 17.8. The van der Waals surface area contributed by atoms with Crippen LogP contribution in [0.3, 0.4) is 0 Å². The number of aryl methyl sites for hydroxylation is 1. The van der Waals surface area contributed by atoms with E-state index in [0.29, 0.717) is 29.2 Å². The number of H-pyrrole nitrogens is 1. The number of hydrogen-bond donors (Lipinski definition) is 2. The molecule has 1 atom stereocenters. The Morgan fingerprint density at radius 2 is 2.16 bits per heavy atom. The van der Waals surface area contributed by atoms with Crippen LogP contribution in [-0.2, 0) is 18.6 Å². The number of hydrogen-bond acceptors (Lipinski definition) is 9. The van der Waals surface area contributed by atoms with Crippen molar-refractivity contribution in [3.63, 3.8) is 0 Å². The van der Waals surface area contributed by atoms with E-state index in [0.717, 1.165) is 45.3 Å². The van der Waals surface area contributed by atoms with Gasteiger partial charge < -0.3 is 15.0 Å². The quantitative estimate of drug-likeness (QED) is 0.339. The second kappa shape index (κ2) is 9.21. The van der Waals surface area contributed by atoms with Gasteiger partial charge in [0.2, 0.25) is 5.13 Å². The number of aromatic nitrogens is 4. The molecule has 3 aromatic heterocycles. The Kier molecular flexibility index (Phi) is 6.16. The Labute approximate surface area is 197 Å². The van der Waals surface area contributed by atoms with Crippen LogP contribution in [-0.4, -0.2) is 26.8 Å². The Balaban J connectivity index is 1.29. The van der Waals surface area contributed by atoms with Crippen LogP contribution >= 0.6 is 34.4 Å². The molecule has 0 bridgehead atoms. The van der Waals surface area contributed by atoms with Crippen LogP contribution in [0, 0.1) is 5.92 Å². The van der Waals surface area contributed by atoms with E-state index in [2.05, 4.69) is 27.4 Å². The number of nitrogens with one attached hydrogen (secondary N) is 2. The lowest BCUT2D eigenvalue weighted by molar-refractivity contribution is 0.342. The molecule has 5 rings (SSSR count). The maximum absolute atomic E-state index is 12.8. The van der Waals surface area contributed by atoms with Crippen molar-refractivity contribution in [2.24, 2.45) is 5.92 Å². The van der Waals surface area contributed by atoms with Gasteiger partial charge in [-0.3, -0.25) is 4.79 Å². The first-order valence-electron chi connectivity index (χ1n) is 10.6. The zero-order chi connectivity index (χ0) is 22.1. The molecule has 1 aliphatic carbocycles. The molecule has 1 aromatic carbocycles. The number of nitrogens with zero attached hydrogens (tertiary/aromatic N) is 3. The molecule has 0 amide bonds. The van der Waals surface area contributed by atoms with Gasteiger partial charge in [-0.15, -0.1) is 21.5 Å². The van der Waals surface area contributed by atoms with Crippen molar-refractivity contribution in [1.82, 2.24) is 20.2 Å². The first-order valence-corrected chi connectivity index (χ1v) is 13.2. The molecular formula is C22H23N5O2S3. The normalized spacial score (nSPS) is 15.6. The number of thiophene rings is 1. The van der Waals surface area contributed by atoms with E-state index in [-0.39, 0.29) is 5.56 Å². The van der Waals surface area contributed by atoms with E-state index in [9.17, 15) is 4.79 Å². The van der Waals surface area contributed by atoms with Gasteiger partial charge in [-0.2, -0.15) is 0 Å². The molecule has 0 radical (unpaired) electrons. The summed E-state index contributed by atoms with van der Waals surface area (Å²) >= 11 is 4.65. The third-order valence-corrected chi connectivity index (χ3v) is 8.51. The second-order valence-corrected chi connectivity index (χ2v) is 11.0. The van der Waals surface area contributed by atoms with Gasteiger partial charge in [0.05, 0.1) is 23.4 Å². The molecule has 2 N–H and O–H groups in total. The van der Waals surface area contributed by atoms with Gasteiger partial charge in [-0.05, 0) is 49.8 Å². The van der Waals surface area contributed by atoms with Crippen LogP contribution in [0.5, 0.6) is 5.75 Å². The highest BCUT2D eigenvalue weighted by atomic mass is 32.2. The molecule has 0 fully saturated rings. The molecule has 32 heavy (non-hydrogen) atoms. The molecule has 4 aromatic rings. The molecule has 0 spiro atoms. The van der Waals surface area contributed by atoms with Gasteiger partial charge in [0, 0.05) is 4.88 Å². The van der Waals surface area contributed by atoms with E-state index in [1.54, 1.807) is 11.3 Å². The predicted molar refractivity (Wildman–Crippen MR) is 132 cm³/mol. The van der Waals surface area contributed by atoms with Crippen LogP contribution in [0.2, 0.25) is 0 Å². The molecule has 0 saturated carbocycles. The summed E-state index contributed by atoms with van der Waals surface area (Å²) in [6.45, 7) is 4.82. The average molecular weight is 486 g/mol. The smallest absolute Gasteiger partial charge is 0.259 e. The van der Waals surface area contributed by atoms with Crippen LogP contribution in [0.1, 0.15) is 36.5 Å². The number of benzene rings is 1. The Morgan fingerprint density at radius 3 is 3.03 bits per heavy atom. The Morgan fingerprint density at radius 1 is 1.28 bits per heavy atom. The summed E-state index contributed by atoms with van der Waals surface area (Å²) in [5.41, 5.74) is 2.04. The fourth-order valence-electron chi connectivity index (χ4n) is 3.88. The second-order valence-electron chi connectivity index (χ2n) is 7.76. The number of anilines is 2. The number of thioether (sulfide) groups is 1. The number of rotatable bonds is 7. The number of aromatic amines is 1. The lowest BCUT2D eigenvalue weighted by Gasteiger charge is -2.17. The van der Waals surface area contributed by atoms with Crippen molar-refractivity contribution < 1.29 is 4.74 Å². The minimum absolute atomic E-state index is 0.0233. The summed E-state index contributed by atoms with van der Waals surface area (Å²) in [7, 11) is 0. The third-order valence-electron chi connectivity index (χ3n) is 5.38. The zero-order valence-corrected chi connectivity index (χ0v) is 20.3. The number of para-hydroxylation sites is 2. The summed E-state index contributed by atoms with van der Waals surface area (Å²) in [6.07, 6.45) is 3.16. The van der Waals surface area contributed by atoms with Crippen LogP contribution in [0.25, 0.3) is 10.2 Å². The monoisotopic (exact) mass is 485 g/mol. The lowest BCUT2D eigenvalue weighted by Crippen LogP contribution is -2.14. The van der Waals surface area contributed by atoms with Crippen molar-refractivity contribution in [1.29, 1.82) is 0 Å². The van der Waals surface area contributed by atoms with Gasteiger partial charge in [-0.25, -0.2) is 4.98 Å². The van der Waals surface area contributed by atoms with Crippen molar-refractivity contribution in [2.75, 3.05) is 11.9 Å². The van der Waals surface area contributed by atoms with Crippen LogP contribution in [0.15, 0.2) is 33.4 Å². The highest BCUT2D eigenvalue weighted by molar-refractivity contribution is 8.00. The standard InChI is InChI=1S/C22H23N5O2S3/c1-3-29-15-7-5-4-6-14(15)23-21-26-27-22(32-21)30-11-17-24-19(28)18-13-9-8-12(2)10-16(13)31-20(18)25-17/h4-7,12H,3,8-11H2,1-2H3,(H,23,26)(H,24,25,28). The van der Waals surface area contributed by atoms with E-state index >= 15 is 0 Å². The highest BCUT2D eigenvalue weighted by Gasteiger charge is 2.23. The van der Waals surface area contributed by atoms with Crippen molar-refractivity contribution in [3.05, 3.63) is 50.9 Å². The summed E-state index contributed by atoms with van der Waals surface area (Å²) in [6, 6.07) is 7.75. The van der Waals surface area contributed by atoms with E-state index in [4.69, 9.17) is 9.72 Å². The minimum atomic E-state index is -0.0233. The van der Waals surface area contributed by atoms with Crippen molar-refractivity contribution in [3.8, 4) is 5.75 Å². The molecule has 1 aliphatic rings. The largest absolute Gasteiger partial charge is 0.492 e. The molecule has 7 nitrogen and oxygen atoms in total. The topological polar surface area (TPSA) is 92.8 Å². The minimum Gasteiger partial charge on any atom is -0.492 e. The molecular weight excluding hydrogens is 462 g/mol. The fraction of sp³-hybridized carbons (Fsp3) is 0.364. The van der Waals surface area contributed by atoms with E-state index in [1.165, 1.54) is 33.5 Å². The first-order chi connectivity index (χ1) is 15.6. The maximum atomic E-state index is 12.8. The van der Waals surface area contributed by atoms with Gasteiger partial charge in [0.15, 0.2) is 4.34 Å². The lowest BCUT2D eigenvalue weighted by atomic mass is 9.89. The van der Waals surface area contributed by atoms with Gasteiger partial charge in [0.1, 0.15) is 16.4 Å². The van der Waals surface area contributed by atoms with Gasteiger partial charge >= 0.3 is 0 Å². The third kappa shape index (κ3) is 4.39. The number of fused-ring (bicyclic) bond motifs is 3. The summed E-state index contributed by atoms with van der Waals surface area (Å²) < 4.78 is 6.46. The molecule has 3 heterocycles. The Hall–Kier alpha value is -2.43. The molecule has 166 valence electrons. The van der Waals surface area contributed by atoms with E-state index < -0.39 is 0 Å². The summed E-state index contributed by atoms with van der Waals surface area (Å²) in [4.78, 5) is 22.7. The van der Waals surface area contributed by atoms with Gasteiger partial charge in [0.25, 0.3) is 5.56 Å². The first kappa shape index (κ1) is 21.4. The van der Waals surface area contributed by atoms with Crippen LogP contribution in [0.4, 0.5) is 10.8 Å². The van der Waals surface area contributed by atoms with E-state index in [1.807, 2.05) is 31.2 Å². The summed E-state index contributed by atoms with van der Waals surface area (Å²) in [5, 5.41) is 13.3. The van der Waals surface area contributed by atoms with Crippen molar-refractivity contribution in [2.45, 2.75) is 43.2 Å². The molecule has 0 aliphatic heterocycles. The Bertz CT molecular complexity index is 1310. The highest BCUT2D eigenvalue weighted by Crippen LogP contribution is 2.36. The maximum Gasteiger partial charge on any atom is 0.259 e. The molecule has 1 unspecified atom stereocenters. The van der Waals surface area contributed by atoms with Gasteiger partial charge in [-0.1, -0.05) is 42.2 Å². The summed E-state index contributed by atoms with van der Waals surface area (Å²) in [5.74, 6) is 2.66. The van der Waals surface area contributed by atoms with Crippen LogP contribution < -0.4 is 15.6 Å². The average Bonchev–Trinajstić information content (AvgIpc) is 3.37.